The molecular formula is C41H43ClN2O3. The minimum Gasteiger partial charge on any atom is -0.323 e. The van der Waals surface area contributed by atoms with E-state index in [-0.39, 0.29) is 23.5 Å². The maximum atomic E-state index is 15.1. The number of Topliss-reactive ketones (excluding diaryl/α,β-unsaturated/α-hetero) is 1. The van der Waals surface area contributed by atoms with E-state index in [4.69, 9.17) is 11.6 Å². The Labute approximate surface area is 283 Å². The van der Waals surface area contributed by atoms with Gasteiger partial charge in [-0.2, -0.15) is 0 Å². The predicted octanol–water partition coefficient (Wildman–Crippen LogP) is 9.46. The lowest BCUT2D eigenvalue weighted by Gasteiger charge is -2.39. The largest absolute Gasteiger partial charge is 0.323 e. The number of likely N-dealkylation sites (tertiary alicyclic amines) is 1. The molecule has 2 amide bonds. The molecule has 47 heavy (non-hydrogen) atoms. The van der Waals surface area contributed by atoms with Gasteiger partial charge in [0, 0.05) is 39.4 Å². The number of amides is 2. The summed E-state index contributed by atoms with van der Waals surface area (Å²) in [6.07, 6.45) is 6.25. The zero-order valence-electron chi connectivity index (χ0n) is 27.4. The van der Waals surface area contributed by atoms with E-state index >= 15 is 4.79 Å². The van der Waals surface area contributed by atoms with Crippen LogP contribution >= 0.6 is 11.6 Å². The van der Waals surface area contributed by atoms with E-state index in [1.807, 2.05) is 91.0 Å². The zero-order chi connectivity index (χ0) is 33.1. The fourth-order valence-electron chi connectivity index (χ4n) is 7.86. The van der Waals surface area contributed by atoms with Gasteiger partial charge in [0.05, 0.1) is 5.92 Å². The molecular weight excluding hydrogens is 604 g/mol. The number of unbranched alkanes of at least 4 members (excludes halogenated alkanes) is 3. The Morgan fingerprint density at radius 3 is 2.19 bits per heavy atom. The predicted molar refractivity (Wildman–Crippen MR) is 189 cm³/mol. The van der Waals surface area contributed by atoms with Crippen LogP contribution in [0.3, 0.4) is 0 Å². The molecule has 0 bridgehead atoms. The summed E-state index contributed by atoms with van der Waals surface area (Å²) in [6.45, 7) is 6.45. The number of anilines is 1. The molecule has 0 radical (unpaired) electrons. The summed E-state index contributed by atoms with van der Waals surface area (Å²) in [7, 11) is 0. The molecule has 1 spiro atoms. The van der Waals surface area contributed by atoms with E-state index < -0.39 is 23.4 Å². The van der Waals surface area contributed by atoms with Crippen LogP contribution in [-0.4, -0.2) is 28.5 Å². The number of benzene rings is 4. The highest BCUT2D eigenvalue weighted by Crippen LogP contribution is 2.60. The zero-order valence-corrected chi connectivity index (χ0v) is 28.2. The summed E-state index contributed by atoms with van der Waals surface area (Å²) in [4.78, 5) is 46.7. The molecule has 0 saturated carbocycles. The first-order valence-electron chi connectivity index (χ1n) is 17.0. The number of ketones is 1. The van der Waals surface area contributed by atoms with Gasteiger partial charge in [-0.15, -0.1) is 0 Å². The summed E-state index contributed by atoms with van der Waals surface area (Å²) in [5, 5.41) is 3.68. The van der Waals surface area contributed by atoms with Crippen LogP contribution in [-0.2, 0) is 16.8 Å². The van der Waals surface area contributed by atoms with Crippen molar-refractivity contribution in [3.8, 4) is 0 Å². The fraction of sp³-hybridized carbons (Fsp3) is 0.341. The van der Waals surface area contributed by atoms with Gasteiger partial charge < -0.3 is 10.2 Å². The third-order valence-corrected chi connectivity index (χ3v) is 10.2. The Kier molecular flexibility index (Phi) is 9.65. The molecule has 0 aliphatic carbocycles. The second kappa shape index (κ2) is 13.9. The number of para-hydroxylation sites is 1. The molecule has 2 aliphatic heterocycles. The van der Waals surface area contributed by atoms with E-state index in [1.54, 1.807) is 17.0 Å². The summed E-state index contributed by atoms with van der Waals surface area (Å²) >= 11 is 6.37. The molecule has 242 valence electrons. The van der Waals surface area contributed by atoms with Crippen LogP contribution in [0.25, 0.3) is 0 Å². The van der Waals surface area contributed by atoms with Gasteiger partial charge >= 0.3 is 0 Å². The number of halogens is 1. The number of carbonyl (C=O) groups is 3. The van der Waals surface area contributed by atoms with Crippen LogP contribution in [0.2, 0.25) is 5.02 Å². The first-order valence-corrected chi connectivity index (χ1v) is 17.3. The quantitative estimate of drug-likeness (QED) is 0.130. The van der Waals surface area contributed by atoms with Crippen molar-refractivity contribution < 1.29 is 14.4 Å². The minimum absolute atomic E-state index is 0.163. The van der Waals surface area contributed by atoms with E-state index in [9.17, 15) is 9.59 Å². The average molecular weight is 647 g/mol. The summed E-state index contributed by atoms with van der Waals surface area (Å²) in [5.74, 6) is -1.94. The van der Waals surface area contributed by atoms with E-state index in [1.165, 1.54) is 24.8 Å². The molecule has 1 N–H and O–H groups in total. The first-order chi connectivity index (χ1) is 22.8. The molecule has 4 aromatic carbocycles. The van der Waals surface area contributed by atoms with Gasteiger partial charge in [0.15, 0.2) is 11.3 Å². The number of aryl methyl sites for hydroxylation is 1. The van der Waals surface area contributed by atoms with E-state index in [0.29, 0.717) is 33.8 Å². The maximum absolute atomic E-state index is 15.1. The number of nitrogens with zero attached hydrogens (tertiary/aromatic N) is 1. The van der Waals surface area contributed by atoms with Crippen molar-refractivity contribution in [3.05, 3.63) is 136 Å². The standard InChI is InChI=1S/C41H43ClN2O3/c1-4-5-6-8-13-28-18-20-31(21-19-28)39(46)44-35(26-27(2)3)36(29-22-24-32(42)25-23-29)37(38(45)30-14-9-7-10-15-30)41(44)33-16-11-12-17-34(33)43-40(41)47/h7,9-12,14-25,27,35-37H,4-6,8,13,26H2,1-3H3,(H,43,47). The van der Waals surface area contributed by atoms with Crippen molar-refractivity contribution in [2.75, 3.05) is 5.32 Å². The Bertz CT molecular complexity index is 1730. The number of hydrogen-bond donors (Lipinski definition) is 1. The molecule has 6 heteroatoms. The Hall–Kier alpha value is -4.22. The fourth-order valence-corrected chi connectivity index (χ4v) is 7.98. The Morgan fingerprint density at radius 1 is 0.830 bits per heavy atom. The SMILES string of the molecule is CCCCCCc1ccc(C(=O)N2C(CC(C)C)C(c3ccc(Cl)cc3)C(C(=O)c3ccccc3)C23C(=O)Nc2ccccc23)cc1. The van der Waals surface area contributed by atoms with Crippen LogP contribution < -0.4 is 5.32 Å². The lowest BCUT2D eigenvalue weighted by atomic mass is 9.69. The van der Waals surface area contributed by atoms with Gasteiger partial charge in [-0.25, -0.2) is 0 Å². The van der Waals surface area contributed by atoms with Gasteiger partial charge in [-0.3, -0.25) is 14.4 Å². The lowest BCUT2D eigenvalue weighted by molar-refractivity contribution is -0.127. The average Bonchev–Trinajstić information content (AvgIpc) is 3.54. The Balaban J connectivity index is 1.56. The van der Waals surface area contributed by atoms with Crippen molar-refractivity contribution >= 4 is 34.9 Å². The summed E-state index contributed by atoms with van der Waals surface area (Å²) in [5.41, 5.74) is 2.81. The molecule has 5 nitrogen and oxygen atoms in total. The molecule has 4 unspecified atom stereocenters. The highest BCUT2D eigenvalue weighted by molar-refractivity contribution is 6.30. The molecule has 2 aliphatic rings. The van der Waals surface area contributed by atoms with Crippen LogP contribution in [0.15, 0.2) is 103 Å². The van der Waals surface area contributed by atoms with E-state index in [0.717, 1.165) is 18.4 Å². The van der Waals surface area contributed by atoms with E-state index in [2.05, 4.69) is 26.1 Å². The van der Waals surface area contributed by atoms with Crippen molar-refractivity contribution in [2.24, 2.45) is 11.8 Å². The second-order valence-corrected chi connectivity index (χ2v) is 13.9. The molecule has 6 rings (SSSR count). The maximum Gasteiger partial charge on any atom is 0.255 e. The van der Waals surface area contributed by atoms with Crippen molar-refractivity contribution in [1.82, 2.24) is 4.90 Å². The van der Waals surface area contributed by atoms with Gasteiger partial charge in [0.25, 0.3) is 11.8 Å². The van der Waals surface area contributed by atoms with Crippen molar-refractivity contribution in [3.63, 3.8) is 0 Å². The Morgan fingerprint density at radius 2 is 1.51 bits per heavy atom. The molecule has 2 heterocycles. The smallest absolute Gasteiger partial charge is 0.255 e. The van der Waals surface area contributed by atoms with Crippen LogP contribution in [0, 0.1) is 11.8 Å². The van der Waals surface area contributed by atoms with Crippen molar-refractivity contribution in [2.45, 2.75) is 76.8 Å². The normalized spacial score (nSPS) is 21.7. The highest BCUT2D eigenvalue weighted by Gasteiger charge is 2.70. The third-order valence-electron chi connectivity index (χ3n) is 9.91. The monoisotopic (exact) mass is 646 g/mol. The van der Waals surface area contributed by atoms with Crippen LogP contribution in [0.1, 0.15) is 96.2 Å². The number of rotatable bonds is 11. The first kappa shape index (κ1) is 32.7. The molecule has 4 aromatic rings. The highest BCUT2D eigenvalue weighted by atomic mass is 35.5. The number of carbonyl (C=O) groups excluding carboxylic acids is 3. The summed E-state index contributed by atoms with van der Waals surface area (Å²) in [6, 6.07) is 31.6. The second-order valence-electron chi connectivity index (χ2n) is 13.4. The van der Waals surface area contributed by atoms with Gasteiger partial charge in [0.1, 0.15) is 0 Å². The number of fused-ring (bicyclic) bond motifs is 2. The molecule has 4 atom stereocenters. The molecule has 1 saturated heterocycles. The minimum atomic E-state index is -1.57. The topological polar surface area (TPSA) is 66.5 Å². The van der Waals surface area contributed by atoms with Gasteiger partial charge in [-0.1, -0.05) is 124 Å². The van der Waals surface area contributed by atoms with Crippen LogP contribution in [0.4, 0.5) is 5.69 Å². The summed E-state index contributed by atoms with van der Waals surface area (Å²) < 4.78 is 0. The van der Waals surface area contributed by atoms with Crippen molar-refractivity contribution in [1.29, 1.82) is 0 Å². The number of hydrogen-bond acceptors (Lipinski definition) is 3. The van der Waals surface area contributed by atoms with Gasteiger partial charge in [0.2, 0.25) is 0 Å². The molecule has 1 fully saturated rings. The lowest BCUT2D eigenvalue weighted by Crippen LogP contribution is -2.56. The van der Waals surface area contributed by atoms with Crippen LogP contribution in [0.5, 0.6) is 0 Å². The third kappa shape index (κ3) is 6.02. The number of nitrogens with one attached hydrogen (secondary N) is 1. The molecule has 0 aromatic heterocycles. The van der Waals surface area contributed by atoms with Gasteiger partial charge in [-0.05, 0) is 66.6 Å².